The van der Waals surface area contributed by atoms with Crippen LogP contribution < -0.4 is 20.5 Å². The zero-order valence-electron chi connectivity index (χ0n) is 14.6. The van der Waals surface area contributed by atoms with E-state index < -0.39 is 0 Å². The first-order valence-electron chi connectivity index (χ1n) is 8.70. The van der Waals surface area contributed by atoms with E-state index in [-0.39, 0.29) is 10.8 Å². The maximum atomic E-state index is 11.4. The van der Waals surface area contributed by atoms with Gasteiger partial charge in [0.2, 0.25) is 5.88 Å². The molecule has 0 amide bonds. The summed E-state index contributed by atoms with van der Waals surface area (Å²) < 4.78 is 1.73. The fourth-order valence-electron chi connectivity index (χ4n) is 2.82. The van der Waals surface area contributed by atoms with Gasteiger partial charge in [-0.15, -0.1) is 0 Å². The minimum Gasteiger partial charge on any atom is -0.493 e. The Labute approximate surface area is 153 Å². The van der Waals surface area contributed by atoms with Gasteiger partial charge in [0.25, 0.3) is 0 Å². The van der Waals surface area contributed by atoms with Crippen molar-refractivity contribution < 1.29 is 5.11 Å². The van der Waals surface area contributed by atoms with Crippen LogP contribution in [-0.2, 0) is 0 Å². The van der Waals surface area contributed by atoms with Gasteiger partial charge in [-0.25, -0.2) is 4.98 Å². The highest BCUT2D eigenvalue weighted by atomic mass is 32.1. The molecule has 1 saturated carbocycles. The van der Waals surface area contributed by atoms with Gasteiger partial charge in [-0.05, 0) is 32.8 Å². The van der Waals surface area contributed by atoms with Crippen LogP contribution >= 0.6 is 11.3 Å². The lowest BCUT2D eigenvalue weighted by Gasteiger charge is -2.19. The lowest BCUT2D eigenvalue weighted by atomic mass is 10.3. The highest BCUT2D eigenvalue weighted by molar-refractivity contribution is 7.10. The number of nitrogens with one attached hydrogen (secondary N) is 1. The van der Waals surface area contributed by atoms with Crippen LogP contribution in [0.25, 0.3) is 11.7 Å². The number of aromatic amines is 1. The summed E-state index contributed by atoms with van der Waals surface area (Å²) in [5.74, 6) is 0.714. The van der Waals surface area contributed by atoms with Crippen molar-refractivity contribution in [3.05, 3.63) is 37.5 Å². The molecule has 0 unspecified atom stereocenters. The smallest absolute Gasteiger partial charge is 0.307 e. The Kier molecular flexibility index (Phi) is 4.23. The van der Waals surface area contributed by atoms with Crippen LogP contribution in [0.4, 0.5) is 5.82 Å². The van der Waals surface area contributed by atoms with E-state index in [0.29, 0.717) is 16.6 Å². The first-order valence-corrected chi connectivity index (χ1v) is 9.52. The van der Waals surface area contributed by atoms with E-state index in [1.807, 2.05) is 6.07 Å². The fraction of sp³-hybridized carbons (Fsp3) is 0.412. The van der Waals surface area contributed by atoms with Gasteiger partial charge >= 0.3 is 4.87 Å². The molecule has 9 heteroatoms. The molecular weight excluding hydrogens is 352 g/mol. The van der Waals surface area contributed by atoms with E-state index >= 15 is 0 Å². The number of hydrogen-bond donors (Lipinski definition) is 2. The largest absolute Gasteiger partial charge is 0.493 e. The quantitative estimate of drug-likeness (QED) is 0.685. The SMILES string of the molecule is CCN(CC)c1cc(=NC2CC2)n2ncc(=Cc3sc(=O)[nH]c3O)c2n1. The van der Waals surface area contributed by atoms with Crippen LogP contribution in [0.15, 0.2) is 22.1 Å². The first kappa shape index (κ1) is 16.8. The number of aromatic nitrogens is 4. The maximum Gasteiger partial charge on any atom is 0.307 e. The molecule has 1 fully saturated rings. The fourth-order valence-corrected chi connectivity index (χ4v) is 3.50. The second-order valence-corrected chi connectivity index (χ2v) is 7.23. The molecule has 0 aliphatic heterocycles. The predicted octanol–water partition coefficient (Wildman–Crippen LogP) is 0.642. The Balaban J connectivity index is 1.97. The summed E-state index contributed by atoms with van der Waals surface area (Å²) >= 11 is 0.950. The Hall–Kier alpha value is -2.68. The molecule has 1 aliphatic carbocycles. The topological polar surface area (TPSA) is 98.9 Å². The van der Waals surface area contributed by atoms with Crippen LogP contribution in [-0.4, -0.2) is 43.8 Å². The number of fused-ring (bicyclic) bond motifs is 1. The molecule has 0 atom stereocenters. The second-order valence-electron chi connectivity index (χ2n) is 6.21. The number of aromatic hydroxyl groups is 1. The first-order chi connectivity index (χ1) is 12.6. The van der Waals surface area contributed by atoms with Gasteiger partial charge in [0.1, 0.15) is 5.82 Å². The lowest BCUT2D eigenvalue weighted by Crippen LogP contribution is -2.27. The summed E-state index contributed by atoms with van der Waals surface area (Å²) in [6.45, 7) is 5.86. The van der Waals surface area contributed by atoms with Crippen molar-refractivity contribution in [3.8, 4) is 5.88 Å². The number of anilines is 1. The van der Waals surface area contributed by atoms with Crippen LogP contribution in [0.1, 0.15) is 31.6 Å². The van der Waals surface area contributed by atoms with E-state index in [9.17, 15) is 9.90 Å². The van der Waals surface area contributed by atoms with Crippen molar-refractivity contribution in [1.82, 2.24) is 19.6 Å². The number of rotatable bonds is 5. The van der Waals surface area contributed by atoms with Crippen molar-refractivity contribution in [3.63, 3.8) is 0 Å². The van der Waals surface area contributed by atoms with E-state index in [0.717, 1.165) is 53.8 Å². The Morgan fingerprint density at radius 2 is 2.23 bits per heavy atom. The monoisotopic (exact) mass is 372 g/mol. The standard InChI is InChI=1S/C17H20N6O2S/c1-3-22(4-2)13-8-14(19-11-5-6-11)23-15(20-13)10(9-18-23)7-12-16(24)21-17(25)26-12/h7-9,11,24H,3-6H2,1-2H3,(H,21,25). The molecule has 26 heavy (non-hydrogen) atoms. The summed E-state index contributed by atoms with van der Waals surface area (Å²) in [4.78, 5) is 25.7. The zero-order valence-corrected chi connectivity index (χ0v) is 15.5. The van der Waals surface area contributed by atoms with Crippen LogP contribution in [0.3, 0.4) is 0 Å². The van der Waals surface area contributed by atoms with Crippen molar-refractivity contribution in [1.29, 1.82) is 0 Å². The molecule has 0 aromatic carbocycles. The average molecular weight is 372 g/mol. The molecular formula is C17H20N6O2S. The molecule has 4 rings (SSSR count). The van der Waals surface area contributed by atoms with Gasteiger partial charge in [0, 0.05) is 24.4 Å². The van der Waals surface area contributed by atoms with Crippen molar-refractivity contribution in [2.24, 2.45) is 4.99 Å². The van der Waals surface area contributed by atoms with E-state index in [1.54, 1.807) is 16.8 Å². The molecule has 0 radical (unpaired) electrons. The highest BCUT2D eigenvalue weighted by Gasteiger charge is 2.20. The van der Waals surface area contributed by atoms with Gasteiger partial charge in [-0.3, -0.25) is 14.8 Å². The van der Waals surface area contributed by atoms with Gasteiger partial charge in [0.15, 0.2) is 11.1 Å². The van der Waals surface area contributed by atoms with Crippen LogP contribution in [0, 0.1) is 0 Å². The number of nitrogens with zero attached hydrogens (tertiary/aromatic N) is 5. The van der Waals surface area contributed by atoms with E-state index in [1.165, 1.54) is 0 Å². The summed E-state index contributed by atoms with van der Waals surface area (Å²) in [6, 6.07) is 2.34. The molecule has 3 heterocycles. The minimum absolute atomic E-state index is 0.137. The van der Waals surface area contributed by atoms with E-state index in [4.69, 9.17) is 9.98 Å². The van der Waals surface area contributed by atoms with Crippen LogP contribution in [0.5, 0.6) is 5.88 Å². The minimum atomic E-state index is -0.300. The Bertz CT molecular complexity index is 1120. The number of hydrogen-bond acceptors (Lipinski definition) is 7. The molecule has 0 spiro atoms. The molecule has 0 saturated heterocycles. The molecule has 3 aromatic heterocycles. The third-order valence-corrected chi connectivity index (χ3v) is 5.18. The lowest BCUT2D eigenvalue weighted by molar-refractivity contribution is 0.455. The number of H-pyrrole nitrogens is 1. The van der Waals surface area contributed by atoms with Gasteiger partial charge in [0.05, 0.1) is 17.1 Å². The van der Waals surface area contributed by atoms with Crippen molar-refractivity contribution >= 4 is 28.9 Å². The predicted molar refractivity (Wildman–Crippen MR) is 101 cm³/mol. The van der Waals surface area contributed by atoms with Crippen molar-refractivity contribution in [2.45, 2.75) is 32.7 Å². The Morgan fingerprint density at radius 1 is 1.46 bits per heavy atom. The molecule has 1 aliphatic rings. The van der Waals surface area contributed by atoms with Gasteiger partial charge in [-0.1, -0.05) is 11.3 Å². The summed E-state index contributed by atoms with van der Waals surface area (Å²) in [6.07, 6.45) is 5.62. The summed E-state index contributed by atoms with van der Waals surface area (Å²) in [7, 11) is 0. The van der Waals surface area contributed by atoms with Gasteiger partial charge < -0.3 is 10.0 Å². The summed E-state index contributed by atoms with van der Waals surface area (Å²) in [5, 5.41) is 15.0. The highest BCUT2D eigenvalue weighted by Crippen LogP contribution is 2.22. The third kappa shape index (κ3) is 3.10. The summed E-state index contributed by atoms with van der Waals surface area (Å²) in [5.41, 5.74) is 1.44. The second kappa shape index (κ2) is 6.56. The molecule has 3 aromatic rings. The molecule has 0 bridgehead atoms. The third-order valence-electron chi connectivity index (χ3n) is 4.36. The Morgan fingerprint density at radius 3 is 2.85 bits per heavy atom. The average Bonchev–Trinajstić information content (AvgIpc) is 3.25. The zero-order chi connectivity index (χ0) is 18.3. The van der Waals surface area contributed by atoms with Crippen molar-refractivity contribution in [2.75, 3.05) is 18.0 Å². The van der Waals surface area contributed by atoms with Crippen LogP contribution in [0.2, 0.25) is 0 Å². The molecule has 2 N–H and O–H groups in total. The maximum absolute atomic E-state index is 11.4. The normalized spacial score (nSPS) is 15.9. The number of thiazole rings is 1. The van der Waals surface area contributed by atoms with E-state index in [2.05, 4.69) is 28.8 Å². The molecule has 8 nitrogen and oxygen atoms in total. The van der Waals surface area contributed by atoms with Gasteiger partial charge in [-0.2, -0.15) is 9.61 Å². The molecule has 136 valence electrons.